The molecule has 0 heterocycles. The average Bonchev–Trinajstić information content (AvgIpc) is 2.13. The Balaban J connectivity index is 2.30. The summed E-state index contributed by atoms with van der Waals surface area (Å²) < 4.78 is 12.8. The van der Waals surface area contributed by atoms with Crippen molar-refractivity contribution in [2.75, 3.05) is 6.54 Å². The highest BCUT2D eigenvalue weighted by molar-refractivity contribution is 4.70. The smallest absolute Gasteiger partial charge is 0.100 e. The first-order valence-corrected chi connectivity index (χ1v) is 4.17. The third-order valence-corrected chi connectivity index (χ3v) is 2.30. The summed E-state index contributed by atoms with van der Waals surface area (Å²) >= 11 is 0. The minimum absolute atomic E-state index is 0.456. The molecular formula is C8H16FN. The van der Waals surface area contributed by atoms with Crippen LogP contribution in [0.3, 0.4) is 0 Å². The highest BCUT2D eigenvalue weighted by atomic mass is 19.1. The van der Waals surface area contributed by atoms with Crippen LogP contribution in [-0.2, 0) is 0 Å². The molecule has 60 valence electrons. The number of hydrogen-bond acceptors (Lipinski definition) is 1. The van der Waals surface area contributed by atoms with Gasteiger partial charge in [-0.3, -0.25) is 0 Å². The van der Waals surface area contributed by atoms with E-state index in [1.807, 2.05) is 0 Å². The van der Waals surface area contributed by atoms with Gasteiger partial charge in [-0.2, -0.15) is 0 Å². The first kappa shape index (κ1) is 7.99. The second-order valence-corrected chi connectivity index (χ2v) is 3.22. The largest absolute Gasteiger partial charge is 0.330 e. The van der Waals surface area contributed by atoms with Crippen molar-refractivity contribution in [2.45, 2.75) is 38.3 Å². The molecule has 0 amide bonds. The van der Waals surface area contributed by atoms with Gasteiger partial charge in [0, 0.05) is 0 Å². The Hall–Kier alpha value is -0.110. The molecule has 1 fully saturated rings. The second kappa shape index (κ2) is 3.91. The fourth-order valence-electron chi connectivity index (χ4n) is 1.61. The standard InChI is InChI=1S/C8H16FN/c9-8-4-2-1-3-7(5-8)6-10/h7-8H,1-6,10H2. The normalized spacial score (nSPS) is 35.4. The monoisotopic (exact) mass is 145 g/mol. The third kappa shape index (κ3) is 2.25. The predicted octanol–water partition coefficient (Wildman–Crippen LogP) is 1.86. The zero-order valence-corrected chi connectivity index (χ0v) is 6.35. The lowest BCUT2D eigenvalue weighted by atomic mass is 10.0. The molecule has 1 rings (SSSR count). The molecule has 2 N–H and O–H groups in total. The number of hydrogen-bond donors (Lipinski definition) is 1. The van der Waals surface area contributed by atoms with Gasteiger partial charge in [0.05, 0.1) is 0 Å². The average molecular weight is 145 g/mol. The fraction of sp³-hybridized carbons (Fsp3) is 1.00. The van der Waals surface area contributed by atoms with Crippen LogP contribution in [0.15, 0.2) is 0 Å². The van der Waals surface area contributed by atoms with Crippen LogP contribution in [0.5, 0.6) is 0 Å². The summed E-state index contributed by atoms with van der Waals surface area (Å²) in [5.41, 5.74) is 5.47. The Bertz CT molecular complexity index is 95.3. The van der Waals surface area contributed by atoms with Gasteiger partial charge in [-0.15, -0.1) is 0 Å². The Kier molecular flexibility index (Phi) is 3.13. The zero-order chi connectivity index (χ0) is 7.40. The highest BCUT2D eigenvalue weighted by Gasteiger charge is 2.17. The van der Waals surface area contributed by atoms with Gasteiger partial charge in [-0.1, -0.05) is 12.8 Å². The van der Waals surface area contributed by atoms with Gasteiger partial charge in [0.1, 0.15) is 6.17 Å². The summed E-state index contributed by atoms with van der Waals surface area (Å²) in [6.45, 7) is 0.667. The van der Waals surface area contributed by atoms with E-state index in [4.69, 9.17) is 5.73 Å². The molecule has 0 bridgehead atoms. The van der Waals surface area contributed by atoms with Gasteiger partial charge < -0.3 is 5.73 Å². The van der Waals surface area contributed by atoms with Crippen LogP contribution in [-0.4, -0.2) is 12.7 Å². The molecule has 2 atom stereocenters. The SMILES string of the molecule is NCC1CCCCC(F)C1. The molecule has 10 heavy (non-hydrogen) atoms. The van der Waals surface area contributed by atoms with Crippen molar-refractivity contribution in [3.05, 3.63) is 0 Å². The van der Waals surface area contributed by atoms with Crippen LogP contribution in [0, 0.1) is 5.92 Å². The molecule has 2 unspecified atom stereocenters. The molecule has 1 aliphatic rings. The van der Waals surface area contributed by atoms with E-state index in [1.165, 1.54) is 6.42 Å². The molecule has 0 saturated heterocycles. The summed E-state index contributed by atoms with van der Waals surface area (Å²) in [5, 5.41) is 0. The molecule has 0 aromatic heterocycles. The molecule has 0 spiro atoms. The minimum atomic E-state index is -0.573. The summed E-state index contributed by atoms with van der Waals surface area (Å²) in [6, 6.07) is 0. The fourth-order valence-corrected chi connectivity index (χ4v) is 1.61. The molecule has 0 aliphatic heterocycles. The van der Waals surface area contributed by atoms with Crippen molar-refractivity contribution in [2.24, 2.45) is 11.7 Å². The topological polar surface area (TPSA) is 26.0 Å². The van der Waals surface area contributed by atoms with Crippen LogP contribution in [0.2, 0.25) is 0 Å². The molecule has 1 saturated carbocycles. The summed E-state index contributed by atoms with van der Waals surface area (Å²) in [6.07, 6.45) is 4.25. The predicted molar refractivity (Wildman–Crippen MR) is 40.5 cm³/mol. The van der Waals surface area contributed by atoms with Gasteiger partial charge in [0.2, 0.25) is 0 Å². The molecule has 2 heteroatoms. The quantitative estimate of drug-likeness (QED) is 0.560. The Morgan fingerprint density at radius 1 is 1.30 bits per heavy atom. The van der Waals surface area contributed by atoms with Crippen molar-refractivity contribution in [1.82, 2.24) is 0 Å². The van der Waals surface area contributed by atoms with Gasteiger partial charge in [0.25, 0.3) is 0 Å². The molecule has 1 nitrogen and oxygen atoms in total. The Morgan fingerprint density at radius 2 is 2.00 bits per heavy atom. The van der Waals surface area contributed by atoms with E-state index < -0.39 is 6.17 Å². The maximum Gasteiger partial charge on any atom is 0.100 e. The maximum atomic E-state index is 12.8. The van der Waals surface area contributed by atoms with E-state index in [0.717, 1.165) is 19.3 Å². The lowest BCUT2D eigenvalue weighted by Crippen LogP contribution is -2.16. The first-order valence-electron chi connectivity index (χ1n) is 4.17. The second-order valence-electron chi connectivity index (χ2n) is 3.22. The van der Waals surface area contributed by atoms with Gasteiger partial charge in [-0.05, 0) is 31.7 Å². The van der Waals surface area contributed by atoms with Crippen molar-refractivity contribution in [1.29, 1.82) is 0 Å². The zero-order valence-electron chi connectivity index (χ0n) is 6.35. The van der Waals surface area contributed by atoms with E-state index in [1.54, 1.807) is 0 Å². The molecule has 0 radical (unpaired) electrons. The molecule has 0 aromatic rings. The highest BCUT2D eigenvalue weighted by Crippen LogP contribution is 2.24. The van der Waals surface area contributed by atoms with Crippen LogP contribution < -0.4 is 5.73 Å². The van der Waals surface area contributed by atoms with E-state index in [0.29, 0.717) is 18.9 Å². The number of alkyl halides is 1. The maximum absolute atomic E-state index is 12.8. The molecule has 1 aliphatic carbocycles. The Morgan fingerprint density at radius 3 is 2.70 bits per heavy atom. The van der Waals surface area contributed by atoms with Crippen molar-refractivity contribution in [3.63, 3.8) is 0 Å². The van der Waals surface area contributed by atoms with Gasteiger partial charge >= 0.3 is 0 Å². The summed E-state index contributed by atoms with van der Waals surface area (Å²) in [7, 11) is 0. The van der Waals surface area contributed by atoms with Crippen molar-refractivity contribution < 1.29 is 4.39 Å². The van der Waals surface area contributed by atoms with Crippen molar-refractivity contribution >= 4 is 0 Å². The van der Waals surface area contributed by atoms with E-state index >= 15 is 0 Å². The van der Waals surface area contributed by atoms with Gasteiger partial charge in [0.15, 0.2) is 0 Å². The first-order chi connectivity index (χ1) is 4.83. The summed E-state index contributed by atoms with van der Waals surface area (Å²) in [4.78, 5) is 0. The number of rotatable bonds is 1. The van der Waals surface area contributed by atoms with Crippen LogP contribution in [0.1, 0.15) is 32.1 Å². The molecular weight excluding hydrogens is 129 g/mol. The van der Waals surface area contributed by atoms with E-state index in [9.17, 15) is 4.39 Å². The number of nitrogens with two attached hydrogens (primary N) is 1. The number of halogens is 1. The Labute approximate surface area is 61.8 Å². The van der Waals surface area contributed by atoms with Crippen LogP contribution in [0.25, 0.3) is 0 Å². The minimum Gasteiger partial charge on any atom is -0.330 e. The lowest BCUT2D eigenvalue weighted by Gasteiger charge is -2.11. The lowest BCUT2D eigenvalue weighted by molar-refractivity contribution is 0.270. The molecule has 0 aromatic carbocycles. The summed E-state index contributed by atoms with van der Waals surface area (Å²) in [5.74, 6) is 0.456. The van der Waals surface area contributed by atoms with Crippen LogP contribution in [0.4, 0.5) is 4.39 Å². The van der Waals surface area contributed by atoms with Crippen molar-refractivity contribution in [3.8, 4) is 0 Å². The third-order valence-electron chi connectivity index (χ3n) is 2.30. The van der Waals surface area contributed by atoms with Crippen LogP contribution >= 0.6 is 0 Å². The van der Waals surface area contributed by atoms with E-state index in [2.05, 4.69) is 0 Å². The van der Waals surface area contributed by atoms with Gasteiger partial charge in [-0.25, -0.2) is 4.39 Å². The van der Waals surface area contributed by atoms with E-state index in [-0.39, 0.29) is 0 Å².